The van der Waals surface area contributed by atoms with E-state index in [4.69, 9.17) is 17.8 Å². The molecule has 4 aliphatic carbocycles. The van der Waals surface area contributed by atoms with Crippen LogP contribution in [0.15, 0.2) is 219 Å². The van der Waals surface area contributed by atoms with Crippen molar-refractivity contribution >= 4 is 0 Å². The zero-order valence-corrected chi connectivity index (χ0v) is 63.9. The fourth-order valence-corrected chi connectivity index (χ4v) is 15.6. The molecule has 16 rings (SSSR count). The summed E-state index contributed by atoms with van der Waals surface area (Å²) in [6.45, 7) is 3.71. The Morgan fingerprint density at radius 1 is 0.308 bits per heavy atom. The Hall–Kier alpha value is -9.78. The van der Waals surface area contributed by atoms with E-state index in [1.54, 1.807) is 65.2 Å². The van der Waals surface area contributed by atoms with Crippen LogP contribution in [0, 0.1) is 62.1 Å². The van der Waals surface area contributed by atoms with E-state index in [9.17, 15) is 0 Å². The van der Waals surface area contributed by atoms with E-state index < -0.39 is 33.3 Å². The van der Waals surface area contributed by atoms with Gasteiger partial charge in [-0.1, -0.05) is 123 Å². The van der Waals surface area contributed by atoms with Crippen molar-refractivity contribution in [1.29, 1.82) is 0 Å². The minimum absolute atomic E-state index is 0.00710. The quantitative estimate of drug-likeness (QED) is 0.142. The zero-order chi connectivity index (χ0) is 84.6. The topological polar surface area (TPSA) is 23.3 Å². The second kappa shape index (κ2) is 34.7. The van der Waals surface area contributed by atoms with Crippen LogP contribution in [0.5, 0.6) is 0 Å². The molecule has 0 N–H and O–H groups in total. The van der Waals surface area contributed by atoms with Gasteiger partial charge < -0.3 is 0 Å². The second-order valence-electron chi connectivity index (χ2n) is 28.9. The van der Waals surface area contributed by atoms with Gasteiger partial charge in [0.05, 0.1) is 0 Å². The Morgan fingerprint density at radius 2 is 0.644 bits per heavy atom. The summed E-state index contributed by atoms with van der Waals surface area (Å²) in [5.74, 6) is -2.03. The van der Waals surface area contributed by atoms with Crippen molar-refractivity contribution in [2.24, 2.45) is 42.3 Å². The molecule has 0 radical (unpaired) electrons. The summed E-state index contributed by atoms with van der Waals surface area (Å²) in [5, 5.41) is 0. The smallest absolute Gasteiger partial charge is 0.201 e. The van der Waals surface area contributed by atoms with Gasteiger partial charge in [-0.15, -0.1) is 0 Å². The third-order valence-electron chi connectivity index (χ3n) is 21.6. The minimum atomic E-state index is -2.65. The number of rotatable bonds is 7. The van der Waals surface area contributed by atoms with Crippen LogP contribution in [0.2, 0.25) is 0 Å². The first-order valence-corrected chi connectivity index (χ1v) is 37.3. The summed E-state index contributed by atoms with van der Waals surface area (Å²) < 4.78 is 113. The van der Waals surface area contributed by atoms with Crippen molar-refractivity contribution in [2.75, 3.05) is 0 Å². The van der Waals surface area contributed by atoms with E-state index in [-0.39, 0.29) is 22.5 Å². The summed E-state index contributed by atoms with van der Waals surface area (Å²) in [7, 11) is 11.8. The molecule has 12 aromatic rings. The van der Waals surface area contributed by atoms with Crippen molar-refractivity contribution < 1.29 is 45.2 Å². The molecule has 104 heavy (non-hydrogen) atoms. The lowest BCUT2D eigenvalue weighted by atomic mass is 9.88. The summed E-state index contributed by atoms with van der Waals surface area (Å²) in [5.41, 5.74) is 33.5. The molecule has 0 amide bonds. The predicted octanol–water partition coefficient (Wildman–Crippen LogP) is 19.7. The van der Waals surface area contributed by atoms with Crippen LogP contribution in [0.4, 0.5) is 0 Å². The first-order valence-electron chi connectivity index (χ1n) is 43.8. The van der Waals surface area contributed by atoms with Crippen LogP contribution in [0.1, 0.15) is 176 Å². The SMILES string of the molecule is Cc1ccccc1-c1c2c(cc[n+]1C)CCC2.Cc1ccccc1-c1c2c(cc[n+]1C)CCCC2.Cc1ccccc1-c1cc2c(c[n+]1C)CCC2.Cc1ccccc1-c1cc2c(c[n+]1C)CCCC2.[2H]C([2H])([2H])c1c(C([2H])(C)C([2H])([2H])[2H])ccc(-c2ccccc2C)[n+]1C.[2H]C([2H])([2H])c1ccc(-c2ccccc2C)[n+](C)c1C([2H])([2H])[2H]. The normalized spacial score (nSPS) is 15.9. The molecular weight excluding hydrogens is 1260 g/mol. The molecule has 6 aromatic carbocycles. The van der Waals surface area contributed by atoms with E-state index in [2.05, 4.69) is 220 Å². The lowest BCUT2D eigenvalue weighted by Gasteiger charge is -2.17. The van der Waals surface area contributed by atoms with E-state index in [0.29, 0.717) is 11.4 Å². The molecule has 0 fully saturated rings. The Labute approximate surface area is 643 Å². The summed E-state index contributed by atoms with van der Waals surface area (Å²) >= 11 is 0. The van der Waals surface area contributed by atoms with Crippen LogP contribution >= 0.6 is 0 Å². The average molecular weight is 1390 g/mol. The van der Waals surface area contributed by atoms with Crippen molar-refractivity contribution in [1.82, 2.24) is 0 Å². The van der Waals surface area contributed by atoms with Crippen LogP contribution in [-0.2, 0) is 93.7 Å². The van der Waals surface area contributed by atoms with Gasteiger partial charge >= 0.3 is 0 Å². The highest BCUT2D eigenvalue weighted by molar-refractivity contribution is 5.68. The van der Waals surface area contributed by atoms with E-state index >= 15 is 0 Å². The zero-order valence-electron chi connectivity index (χ0n) is 76.9. The largest absolute Gasteiger partial charge is 0.216 e. The average Bonchev–Trinajstić information content (AvgIpc) is 0.841. The fraction of sp³-hybridized carbons (Fsp3) is 0.327. The molecule has 0 saturated heterocycles. The van der Waals surface area contributed by atoms with Crippen molar-refractivity contribution in [2.45, 2.75) is 172 Å². The van der Waals surface area contributed by atoms with Crippen LogP contribution in [0.25, 0.3) is 67.5 Å². The monoisotopic (exact) mass is 1390 g/mol. The van der Waals surface area contributed by atoms with E-state index in [1.807, 2.05) is 62.4 Å². The maximum absolute atomic E-state index is 8.33. The second-order valence-corrected chi connectivity index (χ2v) is 28.9. The lowest BCUT2D eigenvalue weighted by Crippen LogP contribution is -2.36. The molecule has 1 atom stereocenters. The van der Waals surface area contributed by atoms with Crippen LogP contribution in [-0.4, -0.2) is 0 Å². The summed E-state index contributed by atoms with van der Waals surface area (Å²) in [6.07, 6.45) is 27.0. The Morgan fingerprint density at radius 3 is 1.07 bits per heavy atom. The number of hydrogen-bond acceptors (Lipinski definition) is 0. The molecule has 4 aliphatic rings. The molecule has 0 saturated carbocycles. The molecule has 1 unspecified atom stereocenters. The molecule has 6 heterocycles. The lowest BCUT2D eigenvalue weighted by molar-refractivity contribution is -0.667. The molecule has 0 bridgehead atoms. The van der Waals surface area contributed by atoms with Gasteiger partial charge in [-0.3, -0.25) is 0 Å². The molecule has 6 heteroatoms. The minimum Gasteiger partial charge on any atom is -0.201 e. The number of aromatic nitrogens is 6. The number of fused-ring (bicyclic) bond motifs is 4. The molecule has 6 nitrogen and oxygen atoms in total. The Kier molecular flexibility index (Phi) is 19.9. The van der Waals surface area contributed by atoms with Gasteiger partial charge in [0, 0.05) is 135 Å². The highest BCUT2D eigenvalue weighted by Gasteiger charge is 2.27. The van der Waals surface area contributed by atoms with Gasteiger partial charge in [-0.25, -0.2) is 18.3 Å². The molecule has 0 aliphatic heterocycles. The van der Waals surface area contributed by atoms with Gasteiger partial charge in [0.25, 0.3) is 0 Å². The third-order valence-corrected chi connectivity index (χ3v) is 21.6. The molecule has 532 valence electrons. The van der Waals surface area contributed by atoms with Gasteiger partial charge in [0.2, 0.25) is 34.2 Å². The van der Waals surface area contributed by atoms with Crippen molar-refractivity contribution in [3.05, 3.63) is 319 Å². The van der Waals surface area contributed by atoms with Gasteiger partial charge in [0.15, 0.2) is 36.2 Å². The summed E-state index contributed by atoms with van der Waals surface area (Å²) in [4.78, 5) is 0. The number of aryl methyl sites for hydroxylation is 17. The highest BCUT2D eigenvalue weighted by Crippen LogP contribution is 2.34. The number of pyridine rings is 6. The fourth-order valence-electron chi connectivity index (χ4n) is 15.6. The van der Waals surface area contributed by atoms with Crippen molar-refractivity contribution in [3.63, 3.8) is 0 Å². The first kappa shape index (κ1) is 59.6. The first-order chi connectivity index (χ1) is 55.4. The van der Waals surface area contributed by atoms with Crippen molar-refractivity contribution in [3.8, 4) is 67.5 Å². The molecule has 0 spiro atoms. The Balaban J connectivity index is 0.000000139. The highest BCUT2D eigenvalue weighted by atomic mass is 15.0. The van der Waals surface area contributed by atoms with Gasteiger partial charge in [-0.2, -0.15) is 9.13 Å². The van der Waals surface area contributed by atoms with Crippen LogP contribution < -0.4 is 27.4 Å². The maximum Gasteiger partial charge on any atom is 0.216 e. The standard InChI is InChI=1S/2C17H20N.C17H22N.2C16H18N.C15H18N/c1-13-7-3-6-10-16(13)17-11-14-8-4-5-9-15(14)12-18(17)2;1-13-7-3-5-9-15(13)17-16-10-6-4-8-14(16)11-12-18(17)2;1-12(2)15-10-11-17(18(5)14(15)4)16-9-7-6-8-13(16)3;1-12-6-3-4-9-15(12)16-10-13-7-5-8-14(13)11-17(16)2;1-12-6-3-4-8-14(12)16-15-9-5-7-13(15)10-11-17(16)2;1-11-9-10-15(16(4)13(11)3)14-8-6-5-7-12(14)2/h3,6-7,10-12H,4-5,8-9H2,1-2H3;3,5,7,9,11-12H,4,6,8,10H2,1-2H3;6-12H,1-5H3;3-4,6,9-11H,5,7-8H2,1-2H3;3-4,6,8,10-11H,5,7,9H2,1-2H3;5-10H,1-4H3/q6*+1/i;;1D3,4D3,12D;;;1D3,3D3. The van der Waals surface area contributed by atoms with E-state index in [0.717, 1.165) is 22.3 Å². The molecular formula is C98H116N6+6. The van der Waals surface area contributed by atoms with Gasteiger partial charge in [0.1, 0.15) is 42.3 Å². The summed E-state index contributed by atoms with van der Waals surface area (Å²) in [6, 6.07) is 65.4. The third kappa shape index (κ3) is 17.4. The molecule has 6 aromatic heterocycles. The van der Waals surface area contributed by atoms with Gasteiger partial charge in [-0.05, 0) is 248 Å². The number of nitrogens with zero attached hydrogens (tertiary/aromatic N) is 6. The van der Waals surface area contributed by atoms with Crippen LogP contribution in [0.3, 0.4) is 0 Å². The number of hydrogen-bond donors (Lipinski definition) is 0. The maximum atomic E-state index is 8.33. The number of benzene rings is 6. The Bertz CT molecular complexity index is 5570. The predicted molar refractivity (Wildman–Crippen MR) is 432 cm³/mol. The van der Waals surface area contributed by atoms with E-state index in [1.165, 1.54) is 191 Å².